The molecule has 0 radical (unpaired) electrons. The summed E-state index contributed by atoms with van der Waals surface area (Å²) in [7, 11) is 1.60. The number of piperidine rings is 1. The fraction of sp³-hybridized carbons (Fsp3) is 0.818. The number of hydrogen-bond donors (Lipinski definition) is 2. The van der Waals surface area contributed by atoms with Crippen molar-refractivity contribution in [3.05, 3.63) is 0 Å². The van der Waals surface area contributed by atoms with Crippen LogP contribution in [0.4, 0.5) is 4.79 Å². The highest BCUT2D eigenvalue weighted by atomic mass is 16.5. The Hall–Kier alpha value is -1.30. The minimum Gasteiger partial charge on any atom is -0.480 e. The van der Waals surface area contributed by atoms with E-state index in [1.54, 1.807) is 7.11 Å². The van der Waals surface area contributed by atoms with Gasteiger partial charge in [0, 0.05) is 26.8 Å². The quantitative estimate of drug-likeness (QED) is 0.697. The minimum absolute atomic E-state index is 0.284. The zero-order chi connectivity index (χ0) is 12.7. The second kappa shape index (κ2) is 7.11. The summed E-state index contributed by atoms with van der Waals surface area (Å²) in [5, 5.41) is 11.7. The molecule has 98 valence electrons. The first kappa shape index (κ1) is 13.8. The fourth-order valence-electron chi connectivity index (χ4n) is 1.94. The molecule has 1 fully saturated rings. The smallest absolute Gasteiger partial charge is 0.326 e. The van der Waals surface area contributed by atoms with Gasteiger partial charge in [-0.15, -0.1) is 0 Å². The summed E-state index contributed by atoms with van der Waals surface area (Å²) >= 11 is 0. The van der Waals surface area contributed by atoms with Crippen molar-refractivity contribution in [1.82, 2.24) is 10.2 Å². The lowest BCUT2D eigenvalue weighted by atomic mass is 10.0. The molecular weight excluding hydrogens is 224 g/mol. The summed E-state index contributed by atoms with van der Waals surface area (Å²) in [6, 6.07) is -0.959. The average Bonchev–Trinajstić information content (AvgIpc) is 2.34. The van der Waals surface area contributed by atoms with Crippen LogP contribution in [0, 0.1) is 0 Å². The van der Waals surface area contributed by atoms with Gasteiger partial charge in [-0.1, -0.05) is 0 Å². The van der Waals surface area contributed by atoms with E-state index in [4.69, 9.17) is 9.84 Å². The molecule has 0 saturated carbocycles. The number of rotatable bonds is 5. The lowest BCUT2D eigenvalue weighted by Crippen LogP contribution is -2.52. The van der Waals surface area contributed by atoms with Gasteiger partial charge < -0.3 is 20.1 Å². The molecule has 1 saturated heterocycles. The van der Waals surface area contributed by atoms with Gasteiger partial charge in [0.15, 0.2) is 0 Å². The van der Waals surface area contributed by atoms with Gasteiger partial charge in [0.1, 0.15) is 6.04 Å². The van der Waals surface area contributed by atoms with E-state index in [2.05, 4.69) is 5.32 Å². The largest absolute Gasteiger partial charge is 0.480 e. The van der Waals surface area contributed by atoms with Crippen molar-refractivity contribution in [2.45, 2.75) is 31.7 Å². The molecule has 2 N–H and O–H groups in total. The number of carboxylic acids is 1. The lowest BCUT2D eigenvalue weighted by Gasteiger charge is -2.32. The normalized spacial score (nSPS) is 20.1. The molecule has 2 amide bonds. The highest BCUT2D eigenvalue weighted by molar-refractivity contribution is 5.82. The zero-order valence-electron chi connectivity index (χ0n) is 10.1. The van der Waals surface area contributed by atoms with Crippen molar-refractivity contribution in [2.24, 2.45) is 0 Å². The molecule has 1 atom stereocenters. The summed E-state index contributed by atoms with van der Waals surface area (Å²) in [6.07, 6.45) is 3.01. The number of hydrogen-bond acceptors (Lipinski definition) is 3. The predicted octanol–water partition coefficient (Wildman–Crippen LogP) is 0.672. The summed E-state index contributed by atoms with van der Waals surface area (Å²) in [4.78, 5) is 24.2. The molecule has 6 nitrogen and oxygen atoms in total. The van der Waals surface area contributed by atoms with Crippen LogP contribution in [0.15, 0.2) is 0 Å². The maximum atomic E-state index is 11.8. The number of carbonyl (C=O) groups is 2. The first-order valence-corrected chi connectivity index (χ1v) is 5.93. The van der Waals surface area contributed by atoms with Gasteiger partial charge in [0.25, 0.3) is 0 Å². The third kappa shape index (κ3) is 4.22. The third-order valence-electron chi connectivity index (χ3n) is 2.85. The summed E-state index contributed by atoms with van der Waals surface area (Å²) in [6.45, 7) is 1.62. The van der Waals surface area contributed by atoms with Crippen LogP contribution in [-0.4, -0.2) is 54.9 Å². The highest BCUT2D eigenvalue weighted by Crippen LogP contribution is 2.17. The Bertz CT molecular complexity index is 270. The maximum absolute atomic E-state index is 11.8. The Morgan fingerprint density at radius 2 is 2.24 bits per heavy atom. The van der Waals surface area contributed by atoms with Crippen LogP contribution >= 0.6 is 0 Å². The Labute approximate surface area is 101 Å². The van der Waals surface area contributed by atoms with E-state index in [0.717, 1.165) is 19.3 Å². The van der Waals surface area contributed by atoms with Crippen molar-refractivity contribution in [2.75, 3.05) is 26.8 Å². The van der Waals surface area contributed by atoms with Crippen LogP contribution in [0.25, 0.3) is 0 Å². The molecule has 0 aromatic rings. The number of carbonyl (C=O) groups excluding carboxylic acids is 1. The van der Waals surface area contributed by atoms with Gasteiger partial charge in [0.2, 0.25) is 0 Å². The van der Waals surface area contributed by atoms with Crippen molar-refractivity contribution in [3.63, 3.8) is 0 Å². The monoisotopic (exact) mass is 244 g/mol. The topological polar surface area (TPSA) is 78.9 Å². The van der Waals surface area contributed by atoms with Gasteiger partial charge in [0.05, 0.1) is 0 Å². The van der Waals surface area contributed by atoms with E-state index >= 15 is 0 Å². The van der Waals surface area contributed by atoms with E-state index in [9.17, 15) is 9.59 Å². The van der Waals surface area contributed by atoms with E-state index in [1.807, 2.05) is 0 Å². The number of nitrogens with one attached hydrogen (secondary N) is 1. The molecule has 6 heteroatoms. The molecule has 1 unspecified atom stereocenters. The second-order valence-corrected chi connectivity index (χ2v) is 4.12. The molecule has 0 bridgehead atoms. The van der Waals surface area contributed by atoms with Crippen LogP contribution in [-0.2, 0) is 9.53 Å². The summed E-state index contributed by atoms with van der Waals surface area (Å²) in [5.41, 5.74) is 0. The number of nitrogens with zero attached hydrogens (tertiary/aromatic N) is 1. The number of methoxy groups -OCH3 is 1. The molecular formula is C11H20N2O4. The van der Waals surface area contributed by atoms with Crippen molar-refractivity contribution < 1.29 is 19.4 Å². The number of urea groups is 1. The van der Waals surface area contributed by atoms with Gasteiger partial charge in [-0.25, -0.2) is 9.59 Å². The van der Waals surface area contributed by atoms with E-state index in [0.29, 0.717) is 26.1 Å². The lowest BCUT2D eigenvalue weighted by molar-refractivity contribution is -0.143. The number of carboxylic acid groups (broad SMARTS) is 1. The Kier molecular flexibility index (Phi) is 5.76. The van der Waals surface area contributed by atoms with Gasteiger partial charge in [-0.05, 0) is 25.7 Å². The van der Waals surface area contributed by atoms with Gasteiger partial charge >= 0.3 is 12.0 Å². The van der Waals surface area contributed by atoms with E-state index in [-0.39, 0.29) is 6.03 Å². The molecule has 1 rings (SSSR count). The van der Waals surface area contributed by atoms with Gasteiger partial charge in [-0.2, -0.15) is 0 Å². The third-order valence-corrected chi connectivity index (χ3v) is 2.85. The second-order valence-electron chi connectivity index (χ2n) is 4.12. The zero-order valence-corrected chi connectivity index (χ0v) is 10.1. The maximum Gasteiger partial charge on any atom is 0.326 e. The standard InChI is InChI=1S/C11H20N2O4/c1-17-8-4-6-12-11(16)13-7-3-2-5-9(13)10(14)15/h9H,2-8H2,1H3,(H,12,16)(H,14,15). The number of ether oxygens (including phenoxy) is 1. The van der Waals surface area contributed by atoms with E-state index < -0.39 is 12.0 Å². The highest BCUT2D eigenvalue weighted by Gasteiger charge is 2.31. The van der Waals surface area contributed by atoms with E-state index in [1.165, 1.54) is 4.90 Å². The molecule has 0 aromatic carbocycles. The number of amides is 2. The molecule has 1 aliphatic heterocycles. The van der Waals surface area contributed by atoms with Crippen LogP contribution in [0.3, 0.4) is 0 Å². The molecule has 0 aromatic heterocycles. The Balaban J connectivity index is 2.39. The molecule has 1 aliphatic rings. The minimum atomic E-state index is -0.920. The van der Waals surface area contributed by atoms with Crippen LogP contribution < -0.4 is 5.32 Å². The summed E-state index contributed by atoms with van der Waals surface area (Å²) < 4.78 is 4.87. The van der Waals surface area contributed by atoms with Crippen molar-refractivity contribution in [1.29, 1.82) is 0 Å². The summed E-state index contributed by atoms with van der Waals surface area (Å²) in [5.74, 6) is -0.920. The van der Waals surface area contributed by atoms with Crippen molar-refractivity contribution >= 4 is 12.0 Å². The van der Waals surface area contributed by atoms with Gasteiger partial charge in [-0.3, -0.25) is 0 Å². The SMILES string of the molecule is COCCCNC(=O)N1CCCCC1C(=O)O. The molecule has 0 spiro atoms. The first-order chi connectivity index (χ1) is 8.16. The predicted molar refractivity (Wildman–Crippen MR) is 61.9 cm³/mol. The number of likely N-dealkylation sites (tertiary alicyclic amines) is 1. The van der Waals surface area contributed by atoms with Crippen LogP contribution in [0.2, 0.25) is 0 Å². The molecule has 1 heterocycles. The Morgan fingerprint density at radius 3 is 2.88 bits per heavy atom. The number of aliphatic carboxylic acids is 1. The Morgan fingerprint density at radius 1 is 1.47 bits per heavy atom. The van der Waals surface area contributed by atoms with Crippen molar-refractivity contribution in [3.8, 4) is 0 Å². The van der Waals surface area contributed by atoms with Crippen LogP contribution in [0.1, 0.15) is 25.7 Å². The average molecular weight is 244 g/mol. The fourth-order valence-corrected chi connectivity index (χ4v) is 1.94. The first-order valence-electron chi connectivity index (χ1n) is 5.93. The molecule has 17 heavy (non-hydrogen) atoms. The van der Waals surface area contributed by atoms with Crippen LogP contribution in [0.5, 0.6) is 0 Å². The molecule has 0 aliphatic carbocycles.